The fraction of sp³-hybridized carbons (Fsp3) is 0.115. The molecule has 0 saturated carbocycles. The van der Waals surface area contributed by atoms with Crippen LogP contribution in [0.5, 0.6) is 0 Å². The number of hydrogen-bond donors (Lipinski definition) is 2. The molecule has 0 saturated heterocycles. The summed E-state index contributed by atoms with van der Waals surface area (Å²) < 4.78 is 2.09. The van der Waals surface area contributed by atoms with Crippen molar-refractivity contribution in [3.8, 4) is 0 Å². The molecule has 0 bridgehead atoms. The molecule has 4 aromatic rings. The second-order valence-electron chi connectivity index (χ2n) is 7.66. The maximum absolute atomic E-state index is 13.5. The van der Waals surface area contributed by atoms with Crippen LogP contribution in [-0.4, -0.2) is 38.2 Å². The molecule has 1 unspecified atom stereocenters. The highest BCUT2D eigenvalue weighted by atomic mass is 16.3. The van der Waals surface area contributed by atoms with Gasteiger partial charge in [0.05, 0.1) is 5.57 Å². The average Bonchev–Trinajstić information content (AvgIpc) is 3.43. The summed E-state index contributed by atoms with van der Waals surface area (Å²) in [6.07, 6.45) is 6.27. The minimum Gasteiger partial charge on any atom is -0.369 e. The average molecular weight is 409 g/mol. The SMILES string of the molecule is C=CCN1C(=O)C(c2c[nH]c3ccccc23)=C(c2cn(CC=C)c3ccccc23)C1O. The molecule has 1 atom stereocenters. The Morgan fingerprint density at radius 2 is 1.68 bits per heavy atom. The van der Waals surface area contributed by atoms with Gasteiger partial charge < -0.3 is 19.6 Å². The number of allylic oxidation sites excluding steroid dienone is 1. The highest BCUT2D eigenvalue weighted by Gasteiger charge is 2.40. The van der Waals surface area contributed by atoms with Crippen LogP contribution in [0.15, 0.2) is 86.2 Å². The van der Waals surface area contributed by atoms with Crippen molar-refractivity contribution in [2.45, 2.75) is 12.8 Å². The Kier molecular flexibility index (Phi) is 4.60. The molecule has 0 aliphatic carbocycles. The molecule has 0 radical (unpaired) electrons. The number of aliphatic hydroxyl groups is 1. The molecule has 0 spiro atoms. The first-order valence-corrected chi connectivity index (χ1v) is 10.3. The molecule has 154 valence electrons. The van der Waals surface area contributed by atoms with Gasteiger partial charge in [-0.15, -0.1) is 13.2 Å². The van der Waals surface area contributed by atoms with Crippen LogP contribution in [0.25, 0.3) is 33.0 Å². The smallest absolute Gasteiger partial charge is 0.257 e. The Balaban J connectivity index is 1.83. The van der Waals surface area contributed by atoms with Crippen molar-refractivity contribution in [1.29, 1.82) is 0 Å². The lowest BCUT2D eigenvalue weighted by molar-refractivity contribution is -0.128. The van der Waals surface area contributed by atoms with E-state index < -0.39 is 6.23 Å². The number of aromatic amines is 1. The van der Waals surface area contributed by atoms with E-state index in [1.54, 1.807) is 6.08 Å². The number of nitrogens with one attached hydrogen (secondary N) is 1. The Morgan fingerprint density at radius 1 is 0.968 bits per heavy atom. The van der Waals surface area contributed by atoms with Crippen LogP contribution in [0, 0.1) is 0 Å². The number of carbonyl (C=O) groups excluding carboxylic acids is 1. The maximum atomic E-state index is 13.5. The van der Waals surface area contributed by atoms with Crippen LogP contribution in [0.1, 0.15) is 11.1 Å². The molecule has 5 heteroatoms. The van der Waals surface area contributed by atoms with Gasteiger partial charge in [0, 0.05) is 64.0 Å². The summed E-state index contributed by atoms with van der Waals surface area (Å²) >= 11 is 0. The fourth-order valence-electron chi connectivity index (χ4n) is 4.54. The largest absolute Gasteiger partial charge is 0.369 e. The zero-order valence-corrected chi connectivity index (χ0v) is 17.1. The lowest BCUT2D eigenvalue weighted by Crippen LogP contribution is -2.35. The van der Waals surface area contributed by atoms with Gasteiger partial charge in [-0.2, -0.15) is 0 Å². The van der Waals surface area contributed by atoms with Crippen LogP contribution in [0.3, 0.4) is 0 Å². The van der Waals surface area contributed by atoms with Crippen molar-refractivity contribution in [2.75, 3.05) is 6.54 Å². The van der Waals surface area contributed by atoms with E-state index >= 15 is 0 Å². The molecular weight excluding hydrogens is 386 g/mol. The van der Waals surface area contributed by atoms with E-state index in [-0.39, 0.29) is 12.5 Å². The minimum atomic E-state index is -1.06. The number of nitrogens with zero attached hydrogens (tertiary/aromatic N) is 2. The minimum absolute atomic E-state index is 0.201. The van der Waals surface area contributed by atoms with Crippen molar-refractivity contribution in [3.63, 3.8) is 0 Å². The van der Waals surface area contributed by atoms with Gasteiger partial charge in [0.25, 0.3) is 5.91 Å². The van der Waals surface area contributed by atoms with Gasteiger partial charge >= 0.3 is 0 Å². The number of para-hydroxylation sites is 2. The third kappa shape index (κ3) is 2.86. The lowest BCUT2D eigenvalue weighted by Gasteiger charge is -2.20. The van der Waals surface area contributed by atoms with Crippen molar-refractivity contribution < 1.29 is 9.90 Å². The number of hydrogen-bond acceptors (Lipinski definition) is 2. The Morgan fingerprint density at radius 3 is 2.45 bits per heavy atom. The van der Waals surface area contributed by atoms with Crippen molar-refractivity contribution in [1.82, 2.24) is 14.5 Å². The monoisotopic (exact) mass is 409 g/mol. The van der Waals surface area contributed by atoms with Gasteiger partial charge in [-0.25, -0.2) is 0 Å². The summed E-state index contributed by atoms with van der Waals surface area (Å²) in [6, 6.07) is 15.9. The van der Waals surface area contributed by atoms with E-state index in [2.05, 4.69) is 22.7 Å². The van der Waals surface area contributed by atoms with Gasteiger partial charge in [-0.3, -0.25) is 4.79 Å². The number of H-pyrrole nitrogens is 1. The number of amides is 1. The summed E-state index contributed by atoms with van der Waals surface area (Å²) in [5.41, 5.74) is 4.77. The lowest BCUT2D eigenvalue weighted by atomic mass is 9.95. The normalized spacial score (nSPS) is 16.6. The molecule has 0 fully saturated rings. The van der Waals surface area contributed by atoms with Gasteiger partial charge in [0.2, 0.25) is 0 Å². The fourth-order valence-corrected chi connectivity index (χ4v) is 4.54. The van der Waals surface area contributed by atoms with Gasteiger partial charge in [-0.05, 0) is 12.1 Å². The molecule has 1 amide bonds. The predicted molar refractivity (Wildman–Crippen MR) is 125 cm³/mol. The summed E-state index contributed by atoms with van der Waals surface area (Å²) in [5.74, 6) is -0.201. The molecular formula is C26H23N3O2. The summed E-state index contributed by atoms with van der Waals surface area (Å²) in [4.78, 5) is 18.2. The van der Waals surface area contributed by atoms with Gasteiger partial charge in [-0.1, -0.05) is 48.6 Å². The van der Waals surface area contributed by atoms with E-state index in [1.807, 2.05) is 67.0 Å². The second kappa shape index (κ2) is 7.45. The van der Waals surface area contributed by atoms with E-state index in [9.17, 15) is 9.90 Å². The summed E-state index contributed by atoms with van der Waals surface area (Å²) in [7, 11) is 0. The molecule has 5 nitrogen and oxygen atoms in total. The highest BCUT2D eigenvalue weighted by molar-refractivity contribution is 6.33. The van der Waals surface area contributed by atoms with E-state index in [0.29, 0.717) is 17.7 Å². The molecule has 1 aliphatic heterocycles. The van der Waals surface area contributed by atoms with E-state index in [1.165, 1.54) is 4.90 Å². The molecule has 5 rings (SSSR count). The molecule has 1 aliphatic rings. The molecule has 31 heavy (non-hydrogen) atoms. The number of aliphatic hydroxyl groups excluding tert-OH is 1. The maximum Gasteiger partial charge on any atom is 0.257 e. The van der Waals surface area contributed by atoms with E-state index in [0.717, 1.165) is 32.9 Å². The van der Waals surface area contributed by atoms with Gasteiger partial charge in [0.1, 0.15) is 0 Å². The molecule has 2 aromatic carbocycles. The zero-order chi connectivity index (χ0) is 21.5. The Bertz CT molecular complexity index is 1370. The van der Waals surface area contributed by atoms with Crippen LogP contribution >= 0.6 is 0 Å². The quantitative estimate of drug-likeness (QED) is 0.459. The summed E-state index contributed by atoms with van der Waals surface area (Å²) in [5, 5.41) is 13.2. The number of rotatable bonds is 6. The number of benzene rings is 2. The van der Waals surface area contributed by atoms with Gasteiger partial charge in [0.15, 0.2) is 6.23 Å². The number of fused-ring (bicyclic) bond motifs is 2. The van der Waals surface area contributed by atoms with Crippen LogP contribution in [0.2, 0.25) is 0 Å². The number of carbonyl (C=O) groups is 1. The van der Waals surface area contributed by atoms with Crippen LogP contribution in [0.4, 0.5) is 0 Å². The topological polar surface area (TPSA) is 61.3 Å². The standard InChI is InChI=1S/C26H23N3O2/c1-3-13-28-16-20(18-10-6-8-12-22(18)28)24-23(25(30)29(14-4-2)26(24)31)19-15-27-21-11-7-5-9-17(19)21/h3-12,15-16,26-27,31H,1-2,13-14H2. The molecule has 3 heterocycles. The van der Waals surface area contributed by atoms with Crippen LogP contribution in [-0.2, 0) is 11.3 Å². The van der Waals surface area contributed by atoms with Crippen LogP contribution < -0.4 is 0 Å². The highest BCUT2D eigenvalue weighted by Crippen LogP contribution is 2.43. The first-order valence-electron chi connectivity index (χ1n) is 10.3. The summed E-state index contributed by atoms with van der Waals surface area (Å²) in [6.45, 7) is 8.53. The molecule has 2 N–H and O–H groups in total. The Hall–Kier alpha value is -3.83. The van der Waals surface area contributed by atoms with Crippen molar-refractivity contribution >= 4 is 38.9 Å². The van der Waals surface area contributed by atoms with Crippen molar-refractivity contribution in [2.24, 2.45) is 0 Å². The predicted octanol–water partition coefficient (Wildman–Crippen LogP) is 4.57. The second-order valence-corrected chi connectivity index (χ2v) is 7.66. The first kappa shape index (κ1) is 19.2. The Labute approximate surface area is 180 Å². The molecule has 2 aromatic heterocycles. The van der Waals surface area contributed by atoms with Crippen molar-refractivity contribution in [3.05, 3.63) is 97.4 Å². The zero-order valence-electron chi connectivity index (χ0n) is 17.1. The third-order valence-electron chi connectivity index (χ3n) is 5.89. The van der Waals surface area contributed by atoms with E-state index in [4.69, 9.17) is 0 Å². The third-order valence-corrected chi connectivity index (χ3v) is 5.89. The first-order chi connectivity index (χ1) is 15.2. The number of aromatic nitrogens is 2.